The first kappa shape index (κ1) is 37.4. The molecule has 0 radical (unpaired) electrons. The fourth-order valence-electron chi connectivity index (χ4n) is 3.71. The average molecular weight is 606 g/mol. The highest BCUT2D eigenvalue weighted by Gasteiger charge is 2.30. The lowest BCUT2D eigenvalue weighted by Crippen LogP contribution is -2.50. The molecular formula is C31H51N5O7. The minimum absolute atomic E-state index is 0.0614. The van der Waals surface area contributed by atoms with Crippen LogP contribution in [0, 0.1) is 22.7 Å². The lowest BCUT2D eigenvalue weighted by molar-refractivity contribution is -0.154. The van der Waals surface area contributed by atoms with Crippen molar-refractivity contribution in [3.05, 3.63) is 29.8 Å². The van der Waals surface area contributed by atoms with E-state index in [1.165, 1.54) is 0 Å². The largest absolute Gasteiger partial charge is 0.460 e. The highest BCUT2D eigenvalue weighted by atomic mass is 16.5. The summed E-state index contributed by atoms with van der Waals surface area (Å²) in [6.07, 6.45) is 0.380. The second kappa shape index (κ2) is 17.4. The summed E-state index contributed by atoms with van der Waals surface area (Å²) in [7, 11) is 0. The number of carbonyl (C=O) groups excluding carboxylic acids is 5. The molecule has 0 aliphatic heterocycles. The van der Waals surface area contributed by atoms with Gasteiger partial charge in [-0.3, -0.25) is 14.4 Å². The summed E-state index contributed by atoms with van der Waals surface area (Å²) in [6.45, 7) is 16.5. The Morgan fingerprint density at radius 3 is 2.09 bits per heavy atom. The van der Waals surface area contributed by atoms with Gasteiger partial charge in [0.1, 0.15) is 6.61 Å². The van der Waals surface area contributed by atoms with Crippen molar-refractivity contribution in [1.82, 2.24) is 16.0 Å². The Bertz CT molecular complexity index is 1080. The van der Waals surface area contributed by atoms with Crippen LogP contribution in [0.25, 0.3) is 0 Å². The smallest absolute Gasteiger partial charge is 0.315 e. The predicted octanol–water partition coefficient (Wildman–Crippen LogP) is 3.73. The first-order valence-corrected chi connectivity index (χ1v) is 14.6. The molecule has 2 atom stereocenters. The van der Waals surface area contributed by atoms with Gasteiger partial charge in [-0.05, 0) is 56.2 Å². The minimum atomic E-state index is -0.946. The van der Waals surface area contributed by atoms with E-state index in [0.717, 1.165) is 5.56 Å². The third-order valence-corrected chi connectivity index (χ3v) is 6.13. The second-order valence-corrected chi connectivity index (χ2v) is 13.2. The molecule has 0 fully saturated rings. The van der Waals surface area contributed by atoms with Gasteiger partial charge in [0.05, 0.1) is 24.0 Å². The molecule has 6 N–H and O–H groups in total. The zero-order chi connectivity index (χ0) is 32.8. The van der Waals surface area contributed by atoms with Crippen molar-refractivity contribution < 1.29 is 33.4 Å². The van der Waals surface area contributed by atoms with E-state index < -0.39 is 35.3 Å². The summed E-state index contributed by atoms with van der Waals surface area (Å²) in [5.41, 5.74) is 5.85. The molecule has 0 aliphatic rings. The molecule has 0 heterocycles. The van der Waals surface area contributed by atoms with Gasteiger partial charge < -0.3 is 36.5 Å². The maximum Gasteiger partial charge on any atom is 0.315 e. The lowest BCUT2D eigenvalue weighted by Gasteiger charge is -2.24. The van der Waals surface area contributed by atoms with Crippen LogP contribution in [0.4, 0.5) is 15.3 Å². The lowest BCUT2D eigenvalue weighted by atomic mass is 9.92. The topological polar surface area (TPSA) is 178 Å². The number of anilines is 1. The van der Waals surface area contributed by atoms with Crippen molar-refractivity contribution in [2.24, 2.45) is 28.4 Å². The summed E-state index contributed by atoms with van der Waals surface area (Å²) in [6, 6.07) is 4.54. The fourth-order valence-corrected chi connectivity index (χ4v) is 3.71. The third kappa shape index (κ3) is 15.9. The Labute approximate surface area is 255 Å². The van der Waals surface area contributed by atoms with Gasteiger partial charge in [-0.1, -0.05) is 46.8 Å². The zero-order valence-corrected chi connectivity index (χ0v) is 26.9. The van der Waals surface area contributed by atoms with Crippen LogP contribution >= 0.6 is 0 Å². The van der Waals surface area contributed by atoms with Crippen LogP contribution in [0.1, 0.15) is 73.8 Å². The number of hydrogen-bond donors (Lipinski definition) is 5. The molecule has 0 bridgehead atoms. The molecule has 0 spiro atoms. The number of nitrogens with one attached hydrogen (secondary N) is 4. The average Bonchev–Trinajstić information content (AvgIpc) is 2.89. The molecule has 1 aromatic carbocycles. The SMILES string of the molecule is CC(C)C(NC(=O)NCCCOCC(C)(C)C)C(=O)CC(CNC(N)=O)C(=O)Nc1ccc(COC(=O)C(C)(C)C)cc1. The third-order valence-electron chi connectivity index (χ3n) is 6.13. The van der Waals surface area contributed by atoms with E-state index in [4.69, 9.17) is 15.2 Å². The molecule has 1 aromatic rings. The molecule has 242 valence electrons. The molecule has 0 aliphatic carbocycles. The Kier molecular flexibility index (Phi) is 15.2. The van der Waals surface area contributed by atoms with Gasteiger partial charge in [-0.25, -0.2) is 9.59 Å². The van der Waals surface area contributed by atoms with E-state index in [2.05, 4.69) is 42.0 Å². The zero-order valence-electron chi connectivity index (χ0n) is 26.9. The van der Waals surface area contributed by atoms with E-state index in [1.807, 2.05) is 0 Å². The molecule has 1 rings (SSSR count). The highest BCUT2D eigenvalue weighted by molar-refractivity contribution is 5.97. The molecular weight excluding hydrogens is 554 g/mol. The van der Waals surface area contributed by atoms with Crippen LogP contribution in [0.3, 0.4) is 0 Å². The standard InChI is InChI=1S/C31H51N5O7/c1-20(2)25(36-29(41)33-14-9-15-42-19-30(3,4)5)24(37)16-22(17-34-28(32)40)26(38)35-23-12-10-21(11-13-23)18-43-27(39)31(6,7)8/h10-13,20,22,25H,9,14-19H2,1-8H3,(H,35,38)(H3,32,34,40)(H2,33,36,41). The van der Waals surface area contributed by atoms with Gasteiger partial charge in [-0.2, -0.15) is 0 Å². The number of amides is 5. The Balaban J connectivity index is 2.76. The predicted molar refractivity (Wildman–Crippen MR) is 165 cm³/mol. The first-order chi connectivity index (χ1) is 19.9. The number of ether oxygens (including phenoxy) is 2. The van der Waals surface area contributed by atoms with E-state index >= 15 is 0 Å². The summed E-state index contributed by atoms with van der Waals surface area (Å²) in [5, 5.41) is 10.6. The summed E-state index contributed by atoms with van der Waals surface area (Å²) in [4.78, 5) is 62.3. The van der Waals surface area contributed by atoms with E-state index in [9.17, 15) is 24.0 Å². The van der Waals surface area contributed by atoms with Crippen LogP contribution in [-0.2, 0) is 30.5 Å². The van der Waals surface area contributed by atoms with Gasteiger partial charge in [0.25, 0.3) is 0 Å². The second-order valence-electron chi connectivity index (χ2n) is 13.2. The van der Waals surface area contributed by atoms with E-state index in [1.54, 1.807) is 58.9 Å². The molecule has 0 aromatic heterocycles. The quantitative estimate of drug-likeness (QED) is 0.141. The maximum atomic E-state index is 13.3. The molecule has 2 unspecified atom stereocenters. The monoisotopic (exact) mass is 605 g/mol. The molecule has 0 saturated heterocycles. The number of ketones is 1. The van der Waals surface area contributed by atoms with Gasteiger partial charge in [-0.15, -0.1) is 0 Å². The molecule has 43 heavy (non-hydrogen) atoms. The number of rotatable bonds is 16. The van der Waals surface area contributed by atoms with E-state index in [0.29, 0.717) is 31.9 Å². The maximum absolute atomic E-state index is 13.3. The van der Waals surface area contributed by atoms with E-state index in [-0.39, 0.29) is 42.7 Å². The molecule has 5 amide bonds. The number of nitrogens with two attached hydrogens (primary N) is 1. The summed E-state index contributed by atoms with van der Waals surface area (Å²) >= 11 is 0. The number of urea groups is 2. The van der Waals surface area contributed by atoms with Crippen molar-refractivity contribution in [2.75, 3.05) is 31.6 Å². The van der Waals surface area contributed by atoms with Crippen LogP contribution in [-0.4, -0.2) is 62.1 Å². The van der Waals surface area contributed by atoms with Crippen LogP contribution in [0.5, 0.6) is 0 Å². The number of esters is 1. The van der Waals surface area contributed by atoms with Crippen molar-refractivity contribution in [3.8, 4) is 0 Å². The van der Waals surface area contributed by atoms with Gasteiger partial charge in [0.15, 0.2) is 5.78 Å². The van der Waals surface area contributed by atoms with Gasteiger partial charge in [0, 0.05) is 31.8 Å². The van der Waals surface area contributed by atoms with Gasteiger partial charge in [0.2, 0.25) is 5.91 Å². The molecule has 12 heteroatoms. The van der Waals surface area contributed by atoms with Crippen molar-refractivity contribution in [3.63, 3.8) is 0 Å². The number of carbonyl (C=O) groups is 5. The molecule has 0 saturated carbocycles. The van der Waals surface area contributed by atoms with Crippen molar-refractivity contribution in [1.29, 1.82) is 0 Å². The first-order valence-electron chi connectivity index (χ1n) is 14.6. The van der Waals surface area contributed by atoms with Crippen LogP contribution < -0.4 is 27.0 Å². The van der Waals surface area contributed by atoms with Crippen LogP contribution in [0.2, 0.25) is 0 Å². The highest BCUT2D eigenvalue weighted by Crippen LogP contribution is 2.19. The Morgan fingerprint density at radius 1 is 0.930 bits per heavy atom. The Morgan fingerprint density at radius 2 is 1.56 bits per heavy atom. The summed E-state index contributed by atoms with van der Waals surface area (Å²) < 4.78 is 10.9. The van der Waals surface area contributed by atoms with Crippen LogP contribution in [0.15, 0.2) is 24.3 Å². The minimum Gasteiger partial charge on any atom is -0.460 e. The number of hydrogen-bond acceptors (Lipinski definition) is 7. The van der Waals surface area contributed by atoms with Gasteiger partial charge >= 0.3 is 18.0 Å². The number of benzene rings is 1. The summed E-state index contributed by atoms with van der Waals surface area (Å²) in [5.74, 6) is -2.39. The Hall–Kier alpha value is -3.67. The number of primary amides is 1. The van der Waals surface area contributed by atoms with Crippen molar-refractivity contribution in [2.45, 2.75) is 80.9 Å². The normalized spacial score (nSPS) is 13.0. The van der Waals surface area contributed by atoms with Crippen molar-refractivity contribution >= 4 is 35.4 Å². The fraction of sp³-hybridized carbons (Fsp3) is 0.645. The molecule has 12 nitrogen and oxygen atoms in total. The number of Topliss-reactive ketones (excluding diaryl/α,β-unsaturated/α-hetero) is 1.